The molecule has 9 heteroatoms. The van der Waals surface area contributed by atoms with Crippen molar-refractivity contribution in [2.24, 2.45) is 5.92 Å². The van der Waals surface area contributed by atoms with Crippen molar-refractivity contribution in [3.63, 3.8) is 0 Å². The van der Waals surface area contributed by atoms with Crippen LogP contribution in [0.25, 0.3) is 0 Å². The first-order valence-corrected chi connectivity index (χ1v) is 12.1. The molecule has 2 aromatic carbocycles. The molecule has 1 heterocycles. The topological polar surface area (TPSA) is 110 Å². The van der Waals surface area contributed by atoms with Crippen LogP contribution < -0.4 is 14.8 Å². The first-order valence-electron chi connectivity index (χ1n) is 10.6. The molecule has 0 radical (unpaired) electrons. The van der Waals surface area contributed by atoms with E-state index in [-0.39, 0.29) is 16.8 Å². The molecule has 8 nitrogen and oxygen atoms in total. The molecule has 0 bridgehead atoms. The van der Waals surface area contributed by atoms with E-state index < -0.39 is 22.0 Å². The summed E-state index contributed by atoms with van der Waals surface area (Å²) in [5.74, 6) is 0.197. The van der Waals surface area contributed by atoms with Gasteiger partial charge < -0.3 is 10.1 Å². The van der Waals surface area contributed by atoms with Gasteiger partial charge in [-0.25, -0.2) is 18.4 Å². The molecule has 3 aromatic rings. The van der Waals surface area contributed by atoms with Crippen molar-refractivity contribution in [2.75, 3.05) is 5.32 Å². The minimum Gasteiger partial charge on any atom is -0.424 e. The maximum Gasteiger partial charge on any atom is 0.321 e. The number of nitrogens with one attached hydrogen (secondary N) is 2. The first kappa shape index (κ1) is 24.3. The predicted molar refractivity (Wildman–Crippen MR) is 127 cm³/mol. The molecule has 0 fully saturated rings. The average Bonchev–Trinajstić information content (AvgIpc) is 2.75. The van der Waals surface area contributed by atoms with E-state index in [0.29, 0.717) is 17.9 Å². The number of carbonyl (C=O) groups excluding carboxylic acids is 1. The number of aromatic nitrogens is 2. The van der Waals surface area contributed by atoms with Gasteiger partial charge >= 0.3 is 6.01 Å². The van der Waals surface area contributed by atoms with Gasteiger partial charge in [-0.3, -0.25) is 4.79 Å². The Balaban J connectivity index is 1.75. The lowest BCUT2D eigenvalue weighted by Crippen LogP contribution is -2.44. The van der Waals surface area contributed by atoms with Crippen molar-refractivity contribution in [1.29, 1.82) is 0 Å². The molecule has 1 aromatic heterocycles. The molecular weight excluding hydrogens is 440 g/mol. The minimum atomic E-state index is -3.86. The summed E-state index contributed by atoms with van der Waals surface area (Å²) in [6.45, 7) is 7.57. The van der Waals surface area contributed by atoms with Crippen LogP contribution in [0.15, 0.2) is 65.8 Å². The number of ether oxygens (including phenoxy) is 1. The normalized spacial score (nSPS) is 12.4. The quantitative estimate of drug-likeness (QED) is 0.487. The summed E-state index contributed by atoms with van der Waals surface area (Å²) >= 11 is 0. The summed E-state index contributed by atoms with van der Waals surface area (Å²) < 4.78 is 33.9. The monoisotopic (exact) mass is 468 g/mol. The molecule has 2 N–H and O–H groups in total. The van der Waals surface area contributed by atoms with E-state index in [1.807, 2.05) is 27.7 Å². The zero-order chi connectivity index (χ0) is 24.0. The Hall–Kier alpha value is -3.30. The fourth-order valence-electron chi connectivity index (χ4n) is 3.16. The fraction of sp³-hybridized carbons (Fsp3) is 0.292. The van der Waals surface area contributed by atoms with E-state index in [1.165, 1.54) is 12.1 Å². The smallest absolute Gasteiger partial charge is 0.321 e. The molecule has 0 aliphatic heterocycles. The van der Waals surface area contributed by atoms with Crippen LogP contribution in [0.3, 0.4) is 0 Å². The Morgan fingerprint density at radius 2 is 1.70 bits per heavy atom. The first-order chi connectivity index (χ1) is 15.6. The lowest BCUT2D eigenvalue weighted by atomic mass is 10.0. The Kier molecular flexibility index (Phi) is 7.78. The van der Waals surface area contributed by atoms with Gasteiger partial charge in [-0.05, 0) is 68.1 Å². The van der Waals surface area contributed by atoms with E-state index in [4.69, 9.17) is 4.74 Å². The molecule has 1 unspecified atom stereocenters. The van der Waals surface area contributed by atoms with Gasteiger partial charge in [0.2, 0.25) is 15.9 Å². The molecule has 1 amide bonds. The summed E-state index contributed by atoms with van der Waals surface area (Å²) in [5.41, 5.74) is 2.26. The van der Waals surface area contributed by atoms with Gasteiger partial charge in [0.15, 0.2) is 0 Å². The van der Waals surface area contributed by atoms with Crippen LogP contribution in [0, 0.1) is 19.8 Å². The van der Waals surface area contributed by atoms with Crippen LogP contribution in [0.4, 0.5) is 5.69 Å². The van der Waals surface area contributed by atoms with Crippen molar-refractivity contribution in [1.82, 2.24) is 14.7 Å². The number of sulfonamides is 1. The second kappa shape index (κ2) is 10.5. The third kappa shape index (κ3) is 6.84. The second-order valence-electron chi connectivity index (χ2n) is 8.22. The minimum absolute atomic E-state index is 0.101. The number of rotatable bonds is 9. The van der Waals surface area contributed by atoms with Crippen LogP contribution in [0.5, 0.6) is 11.8 Å². The Morgan fingerprint density at radius 3 is 2.30 bits per heavy atom. The molecule has 33 heavy (non-hydrogen) atoms. The largest absolute Gasteiger partial charge is 0.424 e. The zero-order valence-electron chi connectivity index (χ0n) is 19.1. The Morgan fingerprint density at radius 1 is 1.03 bits per heavy atom. The lowest BCUT2D eigenvalue weighted by Gasteiger charge is -2.21. The van der Waals surface area contributed by atoms with Crippen molar-refractivity contribution >= 4 is 21.6 Å². The lowest BCUT2D eigenvalue weighted by molar-refractivity contribution is -0.118. The van der Waals surface area contributed by atoms with Crippen LogP contribution >= 0.6 is 0 Å². The van der Waals surface area contributed by atoms with Gasteiger partial charge in [0, 0.05) is 18.1 Å². The maximum absolute atomic E-state index is 13.1. The summed E-state index contributed by atoms with van der Waals surface area (Å²) in [4.78, 5) is 21.2. The van der Waals surface area contributed by atoms with Gasteiger partial charge in [-0.2, -0.15) is 4.72 Å². The number of nitrogens with zero attached hydrogens (tertiary/aromatic N) is 2. The number of anilines is 1. The van der Waals surface area contributed by atoms with E-state index in [2.05, 4.69) is 20.0 Å². The van der Waals surface area contributed by atoms with Gasteiger partial charge in [0.05, 0.1) is 4.90 Å². The highest BCUT2D eigenvalue weighted by Gasteiger charge is 2.27. The molecule has 0 aliphatic rings. The van der Waals surface area contributed by atoms with E-state index >= 15 is 0 Å². The third-order valence-electron chi connectivity index (χ3n) is 4.86. The molecule has 0 spiro atoms. The molecule has 0 aliphatic carbocycles. The van der Waals surface area contributed by atoms with Crippen molar-refractivity contribution in [3.05, 3.63) is 72.1 Å². The highest BCUT2D eigenvalue weighted by Crippen LogP contribution is 2.25. The summed E-state index contributed by atoms with van der Waals surface area (Å²) in [7, 11) is -3.86. The van der Waals surface area contributed by atoms with E-state index in [0.717, 1.165) is 11.1 Å². The van der Waals surface area contributed by atoms with Crippen molar-refractivity contribution < 1.29 is 17.9 Å². The van der Waals surface area contributed by atoms with Gasteiger partial charge in [0.25, 0.3) is 0 Å². The highest BCUT2D eigenvalue weighted by molar-refractivity contribution is 7.89. The SMILES string of the molecule is Cc1ccc(S(=O)(=O)NC(CC(C)C)C(=O)Nc2ccc(Oc3ncccn3)cc2C)cc1. The van der Waals surface area contributed by atoms with E-state index in [9.17, 15) is 13.2 Å². The molecule has 174 valence electrons. The summed E-state index contributed by atoms with van der Waals surface area (Å²) in [5, 5.41) is 2.84. The number of hydrogen-bond acceptors (Lipinski definition) is 6. The summed E-state index contributed by atoms with van der Waals surface area (Å²) in [6.07, 6.45) is 3.51. The predicted octanol–water partition coefficient (Wildman–Crippen LogP) is 4.22. The number of benzene rings is 2. The highest BCUT2D eigenvalue weighted by atomic mass is 32.2. The standard InChI is InChI=1S/C24H28N4O4S/c1-16(2)14-22(28-33(30,31)20-9-6-17(3)7-10-20)23(29)27-21-11-8-19(15-18(21)4)32-24-25-12-5-13-26-24/h5-13,15-16,22,28H,14H2,1-4H3,(H,27,29). The molecular formula is C24H28N4O4S. The maximum atomic E-state index is 13.1. The third-order valence-corrected chi connectivity index (χ3v) is 6.35. The molecule has 0 saturated carbocycles. The van der Waals surface area contributed by atoms with Crippen LogP contribution in [-0.2, 0) is 14.8 Å². The zero-order valence-corrected chi connectivity index (χ0v) is 19.9. The van der Waals surface area contributed by atoms with Crippen LogP contribution in [0.1, 0.15) is 31.4 Å². The number of aryl methyl sites for hydroxylation is 2. The summed E-state index contributed by atoms with van der Waals surface area (Å²) in [6, 6.07) is 12.6. The van der Waals surface area contributed by atoms with Crippen LogP contribution in [0.2, 0.25) is 0 Å². The van der Waals surface area contributed by atoms with Gasteiger partial charge in [0.1, 0.15) is 11.8 Å². The van der Waals surface area contributed by atoms with Gasteiger partial charge in [-0.15, -0.1) is 0 Å². The van der Waals surface area contributed by atoms with Crippen molar-refractivity contribution in [3.8, 4) is 11.8 Å². The van der Waals surface area contributed by atoms with E-state index in [1.54, 1.807) is 48.8 Å². The number of hydrogen-bond donors (Lipinski definition) is 2. The van der Waals surface area contributed by atoms with Crippen LogP contribution in [-0.4, -0.2) is 30.3 Å². The molecule has 1 atom stereocenters. The van der Waals surface area contributed by atoms with Crippen molar-refractivity contribution in [2.45, 2.75) is 45.1 Å². The Labute approximate surface area is 194 Å². The Bertz CT molecular complexity index is 1200. The fourth-order valence-corrected chi connectivity index (χ4v) is 4.36. The number of carbonyl (C=O) groups is 1. The molecule has 0 saturated heterocycles. The second-order valence-corrected chi connectivity index (χ2v) is 9.93. The molecule has 3 rings (SSSR count). The average molecular weight is 469 g/mol. The number of amides is 1. The van der Waals surface area contributed by atoms with Gasteiger partial charge in [-0.1, -0.05) is 31.5 Å².